The van der Waals surface area contributed by atoms with E-state index in [1.807, 2.05) is 66.0 Å². The summed E-state index contributed by atoms with van der Waals surface area (Å²) in [6.45, 7) is 0. The van der Waals surface area contributed by atoms with Gasteiger partial charge in [-0.25, -0.2) is 4.98 Å². The maximum Gasteiger partial charge on any atom is 0.166 e. The van der Waals surface area contributed by atoms with Gasteiger partial charge < -0.3 is 4.55 Å². The van der Waals surface area contributed by atoms with Crippen molar-refractivity contribution in [2.24, 2.45) is 0 Å². The van der Waals surface area contributed by atoms with Crippen LogP contribution >= 0.6 is 33.9 Å². The maximum absolute atomic E-state index is 13.0. The van der Waals surface area contributed by atoms with Gasteiger partial charge in [-0.3, -0.25) is 0 Å². The first-order valence-electron chi connectivity index (χ1n) is 6.81. The molecule has 1 heterocycles. The minimum Gasteiger partial charge on any atom is -0.615 e. The van der Waals surface area contributed by atoms with Crippen LogP contribution in [0.3, 0.4) is 0 Å². The van der Waals surface area contributed by atoms with Crippen LogP contribution in [-0.4, -0.2) is 9.54 Å². The van der Waals surface area contributed by atoms with Crippen molar-refractivity contribution < 1.29 is 4.55 Å². The zero-order valence-electron chi connectivity index (χ0n) is 11.7. The summed E-state index contributed by atoms with van der Waals surface area (Å²) >= 11 is 2.73. The van der Waals surface area contributed by atoms with Crippen LogP contribution in [0.2, 0.25) is 0 Å². The van der Waals surface area contributed by atoms with Crippen LogP contribution in [-0.2, 0) is 16.9 Å². The number of nitrogens with zero attached hydrogens (tertiary/aromatic N) is 1. The molecule has 3 aromatic rings. The van der Waals surface area contributed by atoms with Gasteiger partial charge in [-0.15, -0.1) is 11.3 Å². The molecule has 112 valence electrons. The summed E-state index contributed by atoms with van der Waals surface area (Å²) < 4.78 is 14.0. The predicted octanol–water partition coefficient (Wildman–Crippen LogP) is 4.79. The van der Waals surface area contributed by atoms with Crippen molar-refractivity contribution in [3.05, 3.63) is 85.9 Å². The van der Waals surface area contributed by atoms with E-state index in [9.17, 15) is 4.55 Å². The molecule has 0 N–H and O–H groups in total. The molecule has 0 aliphatic heterocycles. The van der Waals surface area contributed by atoms with E-state index in [-0.39, 0.29) is 5.25 Å². The van der Waals surface area contributed by atoms with Gasteiger partial charge in [-0.05, 0) is 33.8 Å². The lowest BCUT2D eigenvalue weighted by atomic mass is 10.0. The van der Waals surface area contributed by atoms with Crippen LogP contribution in [0, 0.1) is 3.01 Å². The van der Waals surface area contributed by atoms with E-state index in [4.69, 9.17) is 0 Å². The molecule has 5 heteroatoms. The van der Waals surface area contributed by atoms with Gasteiger partial charge >= 0.3 is 0 Å². The molecule has 0 amide bonds. The standard InChI is InChI=1S/C17H14INOS2/c18-17-19-15(11-21-17)12-22(20)16(13-7-3-1-4-8-13)14-9-5-2-6-10-14/h1-11,16H,12H2. The Kier molecular flexibility index (Phi) is 5.51. The molecule has 0 fully saturated rings. The normalized spacial score (nSPS) is 12.5. The SMILES string of the molecule is [O-][S+](Cc1csc(I)n1)C(c1ccccc1)c1ccccc1. The predicted molar refractivity (Wildman–Crippen MR) is 101 cm³/mol. The van der Waals surface area contributed by atoms with Crippen LogP contribution in [0.25, 0.3) is 0 Å². The highest BCUT2D eigenvalue weighted by Crippen LogP contribution is 2.32. The minimum atomic E-state index is -1.06. The molecule has 1 unspecified atom stereocenters. The summed E-state index contributed by atoms with van der Waals surface area (Å²) in [4.78, 5) is 4.43. The lowest BCUT2D eigenvalue weighted by molar-refractivity contribution is 0.586. The van der Waals surface area contributed by atoms with Crippen LogP contribution in [0.4, 0.5) is 0 Å². The second-order valence-corrected chi connectivity index (χ2v) is 8.95. The number of benzene rings is 2. The van der Waals surface area contributed by atoms with Crippen molar-refractivity contribution in [2.75, 3.05) is 0 Å². The van der Waals surface area contributed by atoms with Gasteiger partial charge in [0.15, 0.2) is 8.26 Å². The van der Waals surface area contributed by atoms with E-state index in [1.165, 1.54) is 0 Å². The molecule has 1 aromatic heterocycles. The lowest BCUT2D eigenvalue weighted by Gasteiger charge is -2.22. The van der Waals surface area contributed by atoms with Crippen molar-refractivity contribution in [1.82, 2.24) is 4.98 Å². The van der Waals surface area contributed by atoms with Gasteiger partial charge in [0.25, 0.3) is 0 Å². The lowest BCUT2D eigenvalue weighted by Crippen LogP contribution is -2.17. The van der Waals surface area contributed by atoms with E-state index in [1.54, 1.807) is 11.3 Å². The first-order chi connectivity index (χ1) is 10.7. The van der Waals surface area contributed by atoms with Crippen molar-refractivity contribution in [3.63, 3.8) is 0 Å². The molecule has 0 aliphatic carbocycles. The molecular formula is C17H14INOS2. The summed E-state index contributed by atoms with van der Waals surface area (Å²) in [5, 5.41) is 1.87. The van der Waals surface area contributed by atoms with Crippen LogP contribution in [0.5, 0.6) is 0 Å². The first kappa shape index (κ1) is 16.0. The maximum atomic E-state index is 13.0. The van der Waals surface area contributed by atoms with E-state index in [0.29, 0.717) is 5.75 Å². The van der Waals surface area contributed by atoms with Gasteiger partial charge in [0.05, 0.1) is 0 Å². The largest absolute Gasteiger partial charge is 0.615 e. The van der Waals surface area contributed by atoms with Gasteiger partial charge in [0, 0.05) is 16.5 Å². The highest BCUT2D eigenvalue weighted by Gasteiger charge is 2.27. The molecule has 0 aliphatic rings. The molecule has 1 atom stereocenters. The first-order valence-corrected chi connectivity index (χ1v) is 10.1. The van der Waals surface area contributed by atoms with Gasteiger partial charge in [0.1, 0.15) is 11.4 Å². The van der Waals surface area contributed by atoms with E-state index >= 15 is 0 Å². The number of hydrogen-bond donors (Lipinski definition) is 0. The van der Waals surface area contributed by atoms with Gasteiger partial charge in [0.2, 0.25) is 0 Å². The quantitative estimate of drug-likeness (QED) is 0.424. The fourth-order valence-electron chi connectivity index (χ4n) is 2.33. The number of aromatic nitrogens is 1. The summed E-state index contributed by atoms with van der Waals surface area (Å²) in [6.07, 6.45) is 0. The van der Waals surface area contributed by atoms with Crippen molar-refractivity contribution in [3.8, 4) is 0 Å². The number of thiazole rings is 1. The molecule has 2 aromatic carbocycles. The van der Waals surface area contributed by atoms with Crippen molar-refractivity contribution in [2.45, 2.75) is 11.0 Å². The Hall–Kier alpha value is -0.890. The molecule has 0 saturated heterocycles. The highest BCUT2D eigenvalue weighted by molar-refractivity contribution is 14.1. The Morgan fingerprint density at radius 2 is 1.55 bits per heavy atom. The Morgan fingerprint density at radius 3 is 2.00 bits per heavy atom. The fraction of sp³-hybridized carbons (Fsp3) is 0.118. The molecule has 22 heavy (non-hydrogen) atoms. The zero-order valence-corrected chi connectivity index (χ0v) is 15.5. The minimum absolute atomic E-state index is 0.123. The Bertz CT molecular complexity index is 678. The number of rotatable bonds is 5. The van der Waals surface area contributed by atoms with Gasteiger partial charge in [-0.2, -0.15) is 0 Å². The monoisotopic (exact) mass is 439 g/mol. The third-order valence-electron chi connectivity index (χ3n) is 3.28. The van der Waals surface area contributed by atoms with E-state index < -0.39 is 11.2 Å². The summed E-state index contributed by atoms with van der Waals surface area (Å²) in [5.74, 6) is 0.480. The van der Waals surface area contributed by atoms with Crippen LogP contribution in [0.15, 0.2) is 66.0 Å². The summed E-state index contributed by atoms with van der Waals surface area (Å²) in [5.41, 5.74) is 3.07. The van der Waals surface area contributed by atoms with Gasteiger partial charge in [-0.1, -0.05) is 60.7 Å². The molecule has 0 spiro atoms. The van der Waals surface area contributed by atoms with Crippen LogP contribution in [0.1, 0.15) is 22.1 Å². The van der Waals surface area contributed by atoms with Crippen molar-refractivity contribution in [1.29, 1.82) is 0 Å². The summed E-state index contributed by atoms with van der Waals surface area (Å²) in [7, 11) is 0. The molecule has 0 saturated carbocycles. The third-order valence-corrected chi connectivity index (χ3v) is 6.61. The Balaban J connectivity index is 1.91. The van der Waals surface area contributed by atoms with Crippen LogP contribution < -0.4 is 0 Å². The highest BCUT2D eigenvalue weighted by atomic mass is 127. The summed E-state index contributed by atoms with van der Waals surface area (Å²) in [6, 6.07) is 20.1. The molecule has 0 bridgehead atoms. The Labute approximate surface area is 150 Å². The van der Waals surface area contributed by atoms with E-state index in [2.05, 4.69) is 27.6 Å². The third kappa shape index (κ3) is 3.90. The molecule has 3 rings (SSSR count). The average Bonchev–Trinajstić information content (AvgIpc) is 2.95. The van der Waals surface area contributed by atoms with Crippen molar-refractivity contribution >= 4 is 45.1 Å². The molecule has 0 radical (unpaired) electrons. The molecular weight excluding hydrogens is 425 g/mol. The number of hydrogen-bond acceptors (Lipinski definition) is 3. The Morgan fingerprint density at radius 1 is 1.00 bits per heavy atom. The molecule has 2 nitrogen and oxygen atoms in total. The fourth-order valence-corrected chi connectivity index (χ4v) is 5.19. The smallest absolute Gasteiger partial charge is 0.166 e. The average molecular weight is 439 g/mol. The topological polar surface area (TPSA) is 36.0 Å². The second kappa shape index (κ2) is 7.59. The zero-order chi connectivity index (χ0) is 15.4. The second-order valence-electron chi connectivity index (χ2n) is 4.82. The van der Waals surface area contributed by atoms with E-state index in [0.717, 1.165) is 19.8 Å². The number of halogens is 1.